The number of benzene rings is 1. The minimum Gasteiger partial charge on any atom is -0.496 e. The number of hydrogen-bond donors (Lipinski definition) is 3. The molecule has 6 unspecified atom stereocenters. The number of ether oxygens (including phenoxy) is 4. The highest BCUT2D eigenvalue weighted by Crippen LogP contribution is 2.48. The number of nitrogens with one attached hydrogen (secondary N) is 3. The summed E-state index contributed by atoms with van der Waals surface area (Å²) in [6.07, 6.45) is 6.85. The Labute approximate surface area is 335 Å². The van der Waals surface area contributed by atoms with Gasteiger partial charge in [0.15, 0.2) is 5.78 Å². The monoisotopic (exact) mass is 810 g/mol. The third kappa shape index (κ3) is 9.34. The zero-order valence-corrected chi connectivity index (χ0v) is 35.2. The summed E-state index contributed by atoms with van der Waals surface area (Å²) in [5.74, 6) is -2.57. The first-order valence-electron chi connectivity index (χ1n) is 20.2. The number of carbonyl (C=O) groups is 4. The lowest BCUT2D eigenvalue weighted by Crippen LogP contribution is -2.55. The fourth-order valence-corrected chi connectivity index (χ4v) is 9.28. The second-order valence-corrected chi connectivity index (χ2v) is 19.9. The van der Waals surface area contributed by atoms with Gasteiger partial charge in [-0.3, -0.25) is 19.1 Å². The average Bonchev–Trinajstić information content (AvgIpc) is 3.99. The molecule has 15 heteroatoms. The highest BCUT2D eigenvalue weighted by atomic mass is 32.2. The van der Waals surface area contributed by atoms with Gasteiger partial charge in [0.1, 0.15) is 28.7 Å². The number of aryl methyl sites for hydroxylation is 1. The molecule has 14 nitrogen and oxygen atoms in total. The molecular formula is C42H58N4O10S. The van der Waals surface area contributed by atoms with Crippen LogP contribution in [0.5, 0.6) is 17.4 Å². The van der Waals surface area contributed by atoms with Crippen LogP contribution in [0.2, 0.25) is 0 Å². The lowest BCUT2D eigenvalue weighted by molar-refractivity contribution is -0.136. The number of rotatable bonds is 9. The van der Waals surface area contributed by atoms with Gasteiger partial charge in [-0.15, -0.1) is 0 Å². The van der Waals surface area contributed by atoms with Gasteiger partial charge in [-0.05, 0) is 112 Å². The second kappa shape index (κ2) is 16.1. The SMILES string of the molecule is COc1ccc2c(OC3CC4C(=O)NC5(C(=O)NS(=O)(=O)C6(C)CC6)CC5C=CCCCCCC(NC(=O)OC(C)(C)C)C(=O)C4C3)cc(OC(C)C)nc2c1C. The predicted octanol–water partition coefficient (Wildman–Crippen LogP) is 5.97. The Kier molecular flexibility index (Phi) is 11.9. The van der Waals surface area contributed by atoms with Gasteiger partial charge in [-0.2, -0.15) is 0 Å². The minimum absolute atomic E-state index is 0.106. The van der Waals surface area contributed by atoms with Crippen LogP contribution in [-0.2, 0) is 29.1 Å². The molecule has 1 aliphatic heterocycles. The topological polar surface area (TPSA) is 188 Å². The Morgan fingerprint density at radius 3 is 2.42 bits per heavy atom. The Morgan fingerprint density at radius 1 is 1.04 bits per heavy atom. The van der Waals surface area contributed by atoms with E-state index in [1.807, 2.05) is 45.1 Å². The molecule has 2 aromatic rings. The molecule has 0 radical (unpaired) electrons. The molecule has 0 spiro atoms. The van der Waals surface area contributed by atoms with Crippen molar-refractivity contribution >= 4 is 44.6 Å². The van der Waals surface area contributed by atoms with Crippen LogP contribution in [0.15, 0.2) is 30.4 Å². The molecule has 3 saturated carbocycles. The van der Waals surface area contributed by atoms with Gasteiger partial charge in [0, 0.05) is 28.9 Å². The summed E-state index contributed by atoms with van der Waals surface area (Å²) in [4.78, 5) is 61.1. The molecule has 3 amide bonds. The lowest BCUT2D eigenvalue weighted by atomic mass is 9.85. The van der Waals surface area contributed by atoms with Crippen LogP contribution in [-0.4, -0.2) is 78.3 Å². The molecule has 3 N–H and O–H groups in total. The lowest BCUT2D eigenvalue weighted by Gasteiger charge is -2.27. The fraction of sp³-hybridized carbons (Fsp3) is 0.643. The number of sulfonamides is 1. The van der Waals surface area contributed by atoms with Gasteiger partial charge in [0.25, 0.3) is 5.91 Å². The van der Waals surface area contributed by atoms with Crippen LogP contribution in [0.1, 0.15) is 111 Å². The average molecular weight is 811 g/mol. The highest BCUT2D eigenvalue weighted by Gasteiger charge is 2.63. The minimum atomic E-state index is -3.99. The van der Waals surface area contributed by atoms with E-state index in [0.29, 0.717) is 60.4 Å². The number of fused-ring (bicyclic) bond motifs is 3. The first-order chi connectivity index (χ1) is 26.8. The van der Waals surface area contributed by atoms with E-state index < -0.39 is 73.7 Å². The predicted molar refractivity (Wildman–Crippen MR) is 213 cm³/mol. The Hall–Kier alpha value is -4.40. The molecule has 1 aromatic carbocycles. The highest BCUT2D eigenvalue weighted by molar-refractivity contribution is 7.91. The molecule has 6 rings (SSSR count). The van der Waals surface area contributed by atoms with Crippen LogP contribution in [0.4, 0.5) is 4.79 Å². The van der Waals surface area contributed by atoms with Crippen LogP contribution >= 0.6 is 0 Å². The summed E-state index contributed by atoms with van der Waals surface area (Å²) in [7, 11) is -2.41. The number of allylic oxidation sites excluding steroid dienone is 1. The van der Waals surface area contributed by atoms with Crippen LogP contribution in [0.3, 0.4) is 0 Å². The molecule has 6 atom stereocenters. The normalized spacial score (nSPS) is 27.6. The maximum Gasteiger partial charge on any atom is 0.408 e. The van der Waals surface area contributed by atoms with Crippen molar-refractivity contribution < 1.29 is 46.5 Å². The maximum absolute atomic E-state index is 14.7. The summed E-state index contributed by atoms with van der Waals surface area (Å²) >= 11 is 0. The number of pyridine rings is 1. The van der Waals surface area contributed by atoms with Crippen LogP contribution < -0.4 is 29.6 Å². The van der Waals surface area contributed by atoms with Gasteiger partial charge in [0.2, 0.25) is 21.8 Å². The van der Waals surface area contributed by atoms with E-state index in [2.05, 4.69) is 15.4 Å². The smallest absolute Gasteiger partial charge is 0.408 e. The zero-order valence-electron chi connectivity index (χ0n) is 34.4. The fourth-order valence-electron chi connectivity index (χ4n) is 7.97. The Morgan fingerprint density at radius 2 is 1.75 bits per heavy atom. The number of ketones is 1. The number of Topliss-reactive ketones (excluding diaryl/α,β-unsaturated/α-hetero) is 1. The maximum atomic E-state index is 14.7. The van der Waals surface area contributed by atoms with E-state index in [9.17, 15) is 27.6 Å². The third-order valence-electron chi connectivity index (χ3n) is 11.6. The van der Waals surface area contributed by atoms with E-state index in [1.54, 1.807) is 40.9 Å². The second-order valence-electron chi connectivity index (χ2n) is 17.7. The summed E-state index contributed by atoms with van der Waals surface area (Å²) in [5.41, 5.74) is -0.916. The molecule has 3 fully saturated rings. The Balaban J connectivity index is 1.35. The molecule has 57 heavy (non-hydrogen) atoms. The molecule has 2 heterocycles. The van der Waals surface area contributed by atoms with Crippen molar-refractivity contribution in [3.63, 3.8) is 0 Å². The largest absolute Gasteiger partial charge is 0.496 e. The van der Waals surface area contributed by atoms with Crippen LogP contribution in [0, 0.1) is 24.7 Å². The van der Waals surface area contributed by atoms with E-state index in [-0.39, 0.29) is 31.1 Å². The molecular weight excluding hydrogens is 753 g/mol. The van der Waals surface area contributed by atoms with Crippen molar-refractivity contribution in [2.75, 3.05) is 7.11 Å². The molecule has 0 saturated heterocycles. The molecule has 1 aromatic heterocycles. The first kappa shape index (κ1) is 42.2. The van der Waals surface area contributed by atoms with E-state index in [4.69, 9.17) is 23.9 Å². The molecule has 0 bridgehead atoms. The quantitative estimate of drug-likeness (QED) is 0.253. The number of methoxy groups -OCH3 is 1. The van der Waals surface area contributed by atoms with Gasteiger partial charge in [-0.25, -0.2) is 18.2 Å². The number of amides is 3. The summed E-state index contributed by atoms with van der Waals surface area (Å²) < 4.78 is 51.5. The van der Waals surface area contributed by atoms with Crippen molar-refractivity contribution in [3.05, 3.63) is 35.9 Å². The standard InChI is InChI=1S/C42H58N4O10S/c1-24(2)54-34-22-33(28-16-17-32(53-8)25(3)35(28)44-34)55-27-20-29-30(21-27)37(48)45-42(38(49)46-57(51,52)41(7)18-19-41)23-26(42)14-12-10-9-11-13-15-31(36(29)47)43-39(50)56-40(4,5)6/h12,14,16-17,22,24,26-27,29-31H,9-11,13,15,18-21,23H2,1-8H3,(H,43,50)(H,45,48)(H,46,49). The van der Waals surface area contributed by atoms with E-state index in [1.165, 1.54) is 0 Å². The molecule has 4 aliphatic rings. The number of nitrogens with zero attached hydrogens (tertiary/aromatic N) is 1. The number of alkyl carbamates (subject to hydrolysis) is 1. The van der Waals surface area contributed by atoms with Crippen molar-refractivity contribution in [1.82, 2.24) is 20.3 Å². The molecule has 312 valence electrons. The number of hydrogen-bond acceptors (Lipinski definition) is 11. The summed E-state index contributed by atoms with van der Waals surface area (Å²) in [6.45, 7) is 12.5. The zero-order chi connectivity index (χ0) is 41.5. The van der Waals surface area contributed by atoms with E-state index >= 15 is 0 Å². The number of aromatic nitrogens is 1. The Bertz CT molecular complexity index is 2040. The third-order valence-corrected chi connectivity index (χ3v) is 13.7. The van der Waals surface area contributed by atoms with Crippen molar-refractivity contribution in [3.8, 4) is 17.4 Å². The molecule has 3 aliphatic carbocycles. The van der Waals surface area contributed by atoms with Gasteiger partial charge >= 0.3 is 6.09 Å². The van der Waals surface area contributed by atoms with Gasteiger partial charge in [-0.1, -0.05) is 25.0 Å². The first-order valence-corrected chi connectivity index (χ1v) is 21.6. The van der Waals surface area contributed by atoms with Gasteiger partial charge in [0.05, 0.1) is 35.4 Å². The van der Waals surface area contributed by atoms with E-state index in [0.717, 1.165) is 18.4 Å². The van der Waals surface area contributed by atoms with Crippen molar-refractivity contribution in [2.45, 2.75) is 147 Å². The number of carbonyl (C=O) groups excluding carboxylic acids is 4. The van der Waals surface area contributed by atoms with Gasteiger partial charge < -0.3 is 29.6 Å². The van der Waals surface area contributed by atoms with Crippen LogP contribution in [0.25, 0.3) is 10.9 Å². The van der Waals surface area contributed by atoms with Crippen molar-refractivity contribution in [1.29, 1.82) is 0 Å². The van der Waals surface area contributed by atoms with Crippen molar-refractivity contribution in [2.24, 2.45) is 17.8 Å². The summed E-state index contributed by atoms with van der Waals surface area (Å²) in [5, 5.41) is 6.43. The summed E-state index contributed by atoms with van der Waals surface area (Å²) in [6, 6.07) is 4.42.